The zero-order valence-electron chi connectivity index (χ0n) is 17.2. The number of rotatable bonds is 7. The van der Waals surface area contributed by atoms with Crippen molar-refractivity contribution in [3.05, 3.63) is 54.1 Å². The van der Waals surface area contributed by atoms with Crippen LogP contribution in [0.2, 0.25) is 0 Å². The number of nitrogens with one attached hydrogen (secondary N) is 2. The quantitative estimate of drug-likeness (QED) is 0.739. The maximum atomic E-state index is 11.3. The number of benzene rings is 2. The van der Waals surface area contributed by atoms with Gasteiger partial charge in [-0.25, -0.2) is 0 Å². The molecule has 0 radical (unpaired) electrons. The number of hydrogen-bond donors (Lipinski definition) is 2. The van der Waals surface area contributed by atoms with E-state index in [1.165, 1.54) is 24.8 Å². The van der Waals surface area contributed by atoms with E-state index in [1.807, 2.05) is 18.2 Å². The number of likely N-dealkylation sites (tertiary alicyclic amines) is 1. The Labute approximate surface area is 177 Å². The second-order valence-corrected chi connectivity index (χ2v) is 8.49. The van der Waals surface area contributed by atoms with E-state index >= 15 is 0 Å². The fourth-order valence-electron chi connectivity index (χ4n) is 4.51. The number of amides is 1. The van der Waals surface area contributed by atoms with Gasteiger partial charge in [-0.05, 0) is 50.0 Å². The average molecular weight is 408 g/mol. The van der Waals surface area contributed by atoms with Crippen LogP contribution in [0, 0.1) is 0 Å². The monoisotopic (exact) mass is 407 g/mol. The molecular weight excluding hydrogens is 378 g/mol. The smallest absolute Gasteiger partial charge is 0.262 e. The molecule has 0 aromatic heterocycles. The first-order chi connectivity index (χ1) is 14.7. The number of ether oxygens (including phenoxy) is 2. The maximum absolute atomic E-state index is 11.3. The van der Waals surface area contributed by atoms with Gasteiger partial charge in [0.2, 0.25) is 0 Å². The summed E-state index contributed by atoms with van der Waals surface area (Å²) in [6.07, 6.45) is 3.67. The summed E-state index contributed by atoms with van der Waals surface area (Å²) in [7, 11) is 0. The van der Waals surface area contributed by atoms with Gasteiger partial charge in [-0.2, -0.15) is 0 Å². The molecule has 1 aliphatic carbocycles. The molecule has 0 spiro atoms. The van der Waals surface area contributed by atoms with Crippen molar-refractivity contribution in [2.45, 2.75) is 37.3 Å². The number of piperidine rings is 1. The maximum Gasteiger partial charge on any atom is 0.262 e. The third-order valence-corrected chi connectivity index (χ3v) is 6.32. The molecule has 1 amide bonds. The van der Waals surface area contributed by atoms with E-state index in [-0.39, 0.29) is 12.5 Å². The van der Waals surface area contributed by atoms with Crippen molar-refractivity contribution in [1.29, 1.82) is 0 Å². The van der Waals surface area contributed by atoms with Crippen LogP contribution in [0.3, 0.4) is 0 Å². The normalized spacial score (nSPS) is 23.9. The van der Waals surface area contributed by atoms with E-state index in [0.717, 1.165) is 25.4 Å². The van der Waals surface area contributed by atoms with Crippen LogP contribution in [0.5, 0.6) is 11.5 Å². The number of nitrogens with zero attached hydrogens (tertiary/aromatic N) is 1. The predicted molar refractivity (Wildman–Crippen MR) is 116 cm³/mol. The summed E-state index contributed by atoms with van der Waals surface area (Å²) >= 11 is 0. The van der Waals surface area contributed by atoms with Crippen molar-refractivity contribution in [3.63, 3.8) is 0 Å². The summed E-state index contributed by atoms with van der Waals surface area (Å²) in [5.41, 5.74) is 2.18. The van der Waals surface area contributed by atoms with Crippen LogP contribution in [0.15, 0.2) is 48.5 Å². The molecule has 2 aromatic rings. The van der Waals surface area contributed by atoms with Gasteiger partial charge in [-0.1, -0.05) is 30.3 Å². The first kappa shape index (κ1) is 19.4. The SMILES string of the molecule is O=C1COc2cc(OCCN3CCC(N[C@@H]4CC4c4ccccc4)CC3)ccc2N1. The van der Waals surface area contributed by atoms with E-state index in [9.17, 15) is 4.79 Å². The summed E-state index contributed by atoms with van der Waals surface area (Å²) in [6, 6.07) is 17.7. The molecule has 30 heavy (non-hydrogen) atoms. The van der Waals surface area contributed by atoms with Gasteiger partial charge in [0.05, 0.1) is 5.69 Å². The zero-order chi connectivity index (χ0) is 20.3. The molecule has 5 rings (SSSR count). The standard InChI is InChI=1S/C24H29N3O3/c28-24-16-30-23-14-19(6-7-21(23)26-24)29-13-12-27-10-8-18(9-11-27)25-22-15-20(22)17-4-2-1-3-5-17/h1-7,14,18,20,22,25H,8-13,15-16H2,(H,26,28)/t20?,22-/m1/s1. The number of carbonyl (C=O) groups excluding carboxylic acids is 1. The number of anilines is 1. The minimum absolute atomic E-state index is 0.0619. The highest BCUT2D eigenvalue weighted by atomic mass is 16.5. The molecule has 1 unspecified atom stereocenters. The van der Waals surface area contributed by atoms with Gasteiger partial charge in [0.25, 0.3) is 5.91 Å². The Morgan fingerprint density at radius 1 is 1.13 bits per heavy atom. The minimum Gasteiger partial charge on any atom is -0.492 e. The third-order valence-electron chi connectivity index (χ3n) is 6.32. The summed E-state index contributed by atoms with van der Waals surface area (Å²) in [4.78, 5) is 13.8. The van der Waals surface area contributed by atoms with Gasteiger partial charge < -0.3 is 20.1 Å². The molecule has 0 bridgehead atoms. The molecule has 2 N–H and O–H groups in total. The second-order valence-electron chi connectivity index (χ2n) is 8.49. The Morgan fingerprint density at radius 2 is 1.97 bits per heavy atom. The molecule has 1 saturated carbocycles. The first-order valence-corrected chi connectivity index (χ1v) is 11.0. The number of hydrogen-bond acceptors (Lipinski definition) is 5. The van der Waals surface area contributed by atoms with Crippen LogP contribution in [0.25, 0.3) is 0 Å². The highest BCUT2D eigenvalue weighted by molar-refractivity contribution is 5.95. The van der Waals surface area contributed by atoms with Crippen molar-refractivity contribution in [2.24, 2.45) is 0 Å². The van der Waals surface area contributed by atoms with Crippen molar-refractivity contribution >= 4 is 11.6 Å². The topological polar surface area (TPSA) is 62.8 Å². The van der Waals surface area contributed by atoms with E-state index in [4.69, 9.17) is 9.47 Å². The van der Waals surface area contributed by atoms with E-state index in [2.05, 4.69) is 45.9 Å². The highest BCUT2D eigenvalue weighted by Gasteiger charge is 2.39. The molecular formula is C24H29N3O3. The first-order valence-electron chi connectivity index (χ1n) is 11.0. The van der Waals surface area contributed by atoms with Crippen molar-refractivity contribution in [3.8, 4) is 11.5 Å². The Morgan fingerprint density at radius 3 is 2.80 bits per heavy atom. The van der Waals surface area contributed by atoms with E-state index in [0.29, 0.717) is 36.0 Å². The summed E-state index contributed by atoms with van der Waals surface area (Å²) < 4.78 is 11.4. The van der Waals surface area contributed by atoms with Gasteiger partial charge in [-0.3, -0.25) is 9.69 Å². The van der Waals surface area contributed by atoms with Gasteiger partial charge in [0.1, 0.15) is 18.1 Å². The van der Waals surface area contributed by atoms with Crippen LogP contribution < -0.4 is 20.1 Å². The predicted octanol–water partition coefficient (Wildman–Crippen LogP) is 3.01. The zero-order valence-corrected chi connectivity index (χ0v) is 17.2. The molecule has 2 atom stereocenters. The molecule has 2 aliphatic heterocycles. The molecule has 2 aromatic carbocycles. The van der Waals surface area contributed by atoms with E-state index in [1.54, 1.807) is 0 Å². The van der Waals surface area contributed by atoms with E-state index < -0.39 is 0 Å². The molecule has 6 nitrogen and oxygen atoms in total. The van der Waals surface area contributed by atoms with Gasteiger partial charge >= 0.3 is 0 Å². The van der Waals surface area contributed by atoms with Crippen LogP contribution in [-0.4, -0.2) is 55.7 Å². The Kier molecular flexibility index (Phi) is 5.60. The second kappa shape index (κ2) is 8.66. The third kappa shape index (κ3) is 4.60. The lowest BCUT2D eigenvalue weighted by molar-refractivity contribution is -0.118. The van der Waals surface area contributed by atoms with Crippen molar-refractivity contribution in [1.82, 2.24) is 10.2 Å². The fraction of sp³-hybridized carbons (Fsp3) is 0.458. The lowest BCUT2D eigenvalue weighted by Gasteiger charge is -2.32. The molecule has 2 fully saturated rings. The number of fused-ring (bicyclic) bond motifs is 1. The lowest BCUT2D eigenvalue weighted by Crippen LogP contribution is -2.44. The van der Waals surface area contributed by atoms with Crippen LogP contribution in [-0.2, 0) is 4.79 Å². The van der Waals surface area contributed by atoms with Crippen LogP contribution in [0.4, 0.5) is 5.69 Å². The Balaban J connectivity index is 1.01. The fourth-order valence-corrected chi connectivity index (χ4v) is 4.51. The molecule has 158 valence electrons. The Bertz CT molecular complexity index is 881. The average Bonchev–Trinajstić information content (AvgIpc) is 3.55. The largest absolute Gasteiger partial charge is 0.492 e. The molecule has 6 heteroatoms. The van der Waals surface area contributed by atoms with Crippen molar-refractivity contribution in [2.75, 3.05) is 38.2 Å². The van der Waals surface area contributed by atoms with Crippen molar-refractivity contribution < 1.29 is 14.3 Å². The van der Waals surface area contributed by atoms with Gasteiger partial charge in [-0.15, -0.1) is 0 Å². The van der Waals surface area contributed by atoms with Crippen LogP contribution in [0.1, 0.15) is 30.7 Å². The Hall–Kier alpha value is -2.57. The lowest BCUT2D eigenvalue weighted by atomic mass is 10.0. The van der Waals surface area contributed by atoms with Gasteiger partial charge in [0.15, 0.2) is 6.61 Å². The summed E-state index contributed by atoms with van der Waals surface area (Å²) in [5, 5.41) is 6.67. The summed E-state index contributed by atoms with van der Waals surface area (Å²) in [5.74, 6) is 2.04. The summed E-state index contributed by atoms with van der Waals surface area (Å²) in [6.45, 7) is 3.87. The van der Waals surface area contributed by atoms with Crippen LogP contribution >= 0.6 is 0 Å². The molecule has 2 heterocycles. The highest BCUT2D eigenvalue weighted by Crippen LogP contribution is 2.41. The molecule has 1 saturated heterocycles. The molecule has 3 aliphatic rings. The van der Waals surface area contributed by atoms with Gasteiger partial charge in [0, 0.05) is 30.6 Å². The number of carbonyl (C=O) groups is 1. The minimum atomic E-state index is -0.119.